The maximum atomic E-state index is 12.0. The van der Waals surface area contributed by atoms with Crippen LogP contribution in [0.5, 0.6) is 11.5 Å². The highest BCUT2D eigenvalue weighted by atomic mass is 35.5. The van der Waals surface area contributed by atoms with Crippen molar-refractivity contribution in [2.24, 2.45) is 5.10 Å². The van der Waals surface area contributed by atoms with Gasteiger partial charge >= 0.3 is 0 Å². The van der Waals surface area contributed by atoms with Crippen LogP contribution in [0.3, 0.4) is 0 Å². The number of non-ortho nitro benzene ring substituents is 1. The standard InChI is InChI=1S/C17H16ClN3O5/c1-10-7-13(18)3-6-16(10)26-11(2)17(23)20-19-9-12-8-14(21(24)25)4-5-15(12)22/h3-9,11,22H,1-2H3,(H,20,23). The van der Waals surface area contributed by atoms with E-state index in [0.29, 0.717) is 10.8 Å². The van der Waals surface area contributed by atoms with E-state index in [9.17, 15) is 20.0 Å². The number of rotatable bonds is 6. The Hall–Kier alpha value is -3.13. The number of aromatic hydroxyl groups is 1. The second kappa shape index (κ2) is 8.30. The number of phenolic OH excluding ortho intramolecular Hbond substituents is 1. The minimum atomic E-state index is -0.842. The summed E-state index contributed by atoms with van der Waals surface area (Å²) < 4.78 is 5.56. The highest BCUT2D eigenvalue weighted by Gasteiger charge is 2.15. The maximum absolute atomic E-state index is 12.0. The molecule has 1 amide bonds. The summed E-state index contributed by atoms with van der Waals surface area (Å²) in [4.78, 5) is 22.2. The van der Waals surface area contributed by atoms with Gasteiger partial charge in [-0.1, -0.05) is 11.6 Å². The molecule has 0 aromatic heterocycles. The molecule has 0 fully saturated rings. The zero-order valence-corrected chi connectivity index (χ0v) is 14.7. The molecule has 136 valence electrons. The van der Waals surface area contributed by atoms with Crippen molar-refractivity contribution in [3.05, 3.63) is 62.7 Å². The number of phenols is 1. The number of nitrogens with one attached hydrogen (secondary N) is 1. The van der Waals surface area contributed by atoms with Crippen LogP contribution >= 0.6 is 11.6 Å². The molecule has 0 aliphatic heterocycles. The molecular weight excluding hydrogens is 362 g/mol. The molecule has 0 aliphatic rings. The Morgan fingerprint density at radius 3 is 2.77 bits per heavy atom. The molecule has 0 saturated heterocycles. The first kappa shape index (κ1) is 19.2. The number of halogens is 1. The van der Waals surface area contributed by atoms with Crippen LogP contribution < -0.4 is 10.2 Å². The number of hydrogen-bond donors (Lipinski definition) is 2. The summed E-state index contributed by atoms with van der Waals surface area (Å²) >= 11 is 5.87. The lowest BCUT2D eigenvalue weighted by molar-refractivity contribution is -0.384. The van der Waals surface area contributed by atoms with Crippen molar-refractivity contribution in [3.63, 3.8) is 0 Å². The van der Waals surface area contributed by atoms with E-state index in [4.69, 9.17) is 16.3 Å². The Kier molecular flexibility index (Phi) is 6.13. The lowest BCUT2D eigenvalue weighted by Gasteiger charge is -2.14. The number of hydrogen-bond acceptors (Lipinski definition) is 6. The molecule has 2 N–H and O–H groups in total. The molecular formula is C17H16ClN3O5. The van der Waals surface area contributed by atoms with E-state index in [1.165, 1.54) is 6.07 Å². The van der Waals surface area contributed by atoms with E-state index in [1.54, 1.807) is 32.0 Å². The number of ether oxygens (including phenoxy) is 1. The summed E-state index contributed by atoms with van der Waals surface area (Å²) in [6.07, 6.45) is 0.270. The number of nitrogens with zero attached hydrogens (tertiary/aromatic N) is 2. The third-order valence-corrected chi connectivity index (χ3v) is 3.65. The van der Waals surface area contributed by atoms with Crippen LogP contribution in [0.25, 0.3) is 0 Å². The van der Waals surface area contributed by atoms with E-state index in [1.807, 2.05) is 0 Å². The second-order valence-electron chi connectivity index (χ2n) is 5.40. The van der Waals surface area contributed by atoms with Gasteiger partial charge in [-0.2, -0.15) is 5.10 Å². The van der Waals surface area contributed by atoms with Crippen molar-refractivity contribution < 1.29 is 19.6 Å². The molecule has 0 saturated carbocycles. The quantitative estimate of drug-likeness (QED) is 0.456. The van der Waals surface area contributed by atoms with Crippen molar-refractivity contribution in [1.82, 2.24) is 5.43 Å². The summed E-state index contributed by atoms with van der Waals surface area (Å²) in [6, 6.07) is 8.50. The predicted octanol–water partition coefficient (Wildman–Crippen LogP) is 3.18. The summed E-state index contributed by atoms with van der Waals surface area (Å²) in [6.45, 7) is 3.35. The highest BCUT2D eigenvalue weighted by molar-refractivity contribution is 6.30. The van der Waals surface area contributed by atoms with Gasteiger partial charge in [0.1, 0.15) is 11.5 Å². The van der Waals surface area contributed by atoms with Crippen LogP contribution in [0, 0.1) is 17.0 Å². The smallest absolute Gasteiger partial charge is 0.280 e. The predicted molar refractivity (Wildman–Crippen MR) is 96.8 cm³/mol. The van der Waals surface area contributed by atoms with Gasteiger partial charge in [-0.15, -0.1) is 0 Å². The average Bonchev–Trinajstić information content (AvgIpc) is 2.58. The van der Waals surface area contributed by atoms with Gasteiger partial charge in [0, 0.05) is 22.7 Å². The fourth-order valence-electron chi connectivity index (χ4n) is 2.00. The Morgan fingerprint density at radius 1 is 1.38 bits per heavy atom. The molecule has 2 rings (SSSR count). The number of carbonyl (C=O) groups excluding carboxylic acids is 1. The van der Waals surface area contributed by atoms with E-state index >= 15 is 0 Å². The number of aryl methyl sites for hydroxylation is 1. The van der Waals surface area contributed by atoms with Crippen molar-refractivity contribution in [3.8, 4) is 11.5 Å². The molecule has 8 nitrogen and oxygen atoms in total. The SMILES string of the molecule is Cc1cc(Cl)ccc1OC(C)C(=O)NN=Cc1cc([N+](=O)[O-])ccc1O. The highest BCUT2D eigenvalue weighted by Crippen LogP contribution is 2.23. The van der Waals surface area contributed by atoms with Crippen molar-refractivity contribution >= 4 is 29.4 Å². The van der Waals surface area contributed by atoms with E-state index < -0.39 is 16.9 Å². The molecule has 26 heavy (non-hydrogen) atoms. The van der Waals surface area contributed by atoms with Crippen molar-refractivity contribution in [2.75, 3.05) is 0 Å². The monoisotopic (exact) mass is 377 g/mol. The van der Waals surface area contributed by atoms with Gasteiger partial charge in [0.2, 0.25) is 0 Å². The maximum Gasteiger partial charge on any atom is 0.280 e. The molecule has 2 aromatic carbocycles. The van der Waals surface area contributed by atoms with Gasteiger partial charge in [0.05, 0.1) is 11.1 Å². The van der Waals surface area contributed by atoms with Crippen LogP contribution in [0.4, 0.5) is 5.69 Å². The molecule has 0 bridgehead atoms. The third-order valence-electron chi connectivity index (χ3n) is 3.41. The molecule has 9 heteroatoms. The third kappa shape index (κ3) is 4.93. The van der Waals surface area contributed by atoms with Gasteiger partial charge in [0.15, 0.2) is 6.10 Å². The summed E-state index contributed by atoms with van der Waals surface area (Å²) in [5, 5.41) is 24.7. The summed E-state index contributed by atoms with van der Waals surface area (Å²) in [7, 11) is 0. The van der Waals surface area contributed by atoms with Gasteiger partial charge < -0.3 is 9.84 Å². The fourth-order valence-corrected chi connectivity index (χ4v) is 2.23. The number of hydrazone groups is 1. The Labute approximate surface area is 154 Å². The Bertz CT molecular complexity index is 869. The second-order valence-corrected chi connectivity index (χ2v) is 5.84. The van der Waals surface area contributed by atoms with Gasteiger partial charge in [-0.05, 0) is 43.7 Å². The Morgan fingerprint density at radius 2 is 2.12 bits per heavy atom. The van der Waals surface area contributed by atoms with Crippen molar-refractivity contribution in [1.29, 1.82) is 0 Å². The molecule has 1 atom stereocenters. The van der Waals surface area contributed by atoms with Crippen LogP contribution in [0.15, 0.2) is 41.5 Å². The minimum Gasteiger partial charge on any atom is -0.507 e. The number of nitro benzene ring substituents is 1. The first-order valence-corrected chi connectivity index (χ1v) is 7.89. The molecule has 2 aromatic rings. The average molecular weight is 378 g/mol. The fraction of sp³-hybridized carbons (Fsp3) is 0.176. The molecule has 0 aliphatic carbocycles. The van der Waals surface area contributed by atoms with Crippen LogP contribution in [0.1, 0.15) is 18.1 Å². The van der Waals surface area contributed by atoms with Crippen LogP contribution in [-0.2, 0) is 4.79 Å². The minimum absolute atomic E-state index is 0.0987. The number of benzene rings is 2. The zero-order chi connectivity index (χ0) is 19.3. The van der Waals surface area contributed by atoms with Crippen LogP contribution in [0.2, 0.25) is 5.02 Å². The first-order chi connectivity index (χ1) is 12.3. The van der Waals surface area contributed by atoms with Crippen molar-refractivity contribution in [2.45, 2.75) is 20.0 Å². The van der Waals surface area contributed by atoms with Gasteiger partial charge in [-0.3, -0.25) is 14.9 Å². The lowest BCUT2D eigenvalue weighted by atomic mass is 10.2. The Balaban J connectivity index is 2.00. The first-order valence-electron chi connectivity index (χ1n) is 7.51. The summed E-state index contributed by atoms with van der Waals surface area (Å²) in [5.41, 5.74) is 2.93. The van der Waals surface area contributed by atoms with Crippen LogP contribution in [-0.4, -0.2) is 28.3 Å². The topological polar surface area (TPSA) is 114 Å². The summed E-state index contributed by atoms with van der Waals surface area (Å²) in [5.74, 6) is -0.215. The van der Waals surface area contributed by atoms with E-state index in [0.717, 1.165) is 23.9 Å². The zero-order valence-electron chi connectivity index (χ0n) is 14.0. The van der Waals surface area contributed by atoms with E-state index in [-0.39, 0.29) is 17.0 Å². The molecule has 0 heterocycles. The normalized spacial score (nSPS) is 12.0. The lowest BCUT2D eigenvalue weighted by Crippen LogP contribution is -2.33. The largest absolute Gasteiger partial charge is 0.507 e. The number of amides is 1. The molecule has 1 unspecified atom stereocenters. The van der Waals surface area contributed by atoms with Gasteiger partial charge in [-0.25, -0.2) is 5.43 Å². The molecule has 0 spiro atoms. The van der Waals surface area contributed by atoms with E-state index in [2.05, 4.69) is 10.5 Å². The molecule has 0 radical (unpaired) electrons. The number of nitro groups is 1. The number of carbonyl (C=O) groups is 1. The van der Waals surface area contributed by atoms with Gasteiger partial charge in [0.25, 0.3) is 11.6 Å².